The fourth-order valence-electron chi connectivity index (χ4n) is 1.66. The second-order valence-electron chi connectivity index (χ2n) is 4.09. The van der Waals surface area contributed by atoms with Crippen LogP contribution in [0, 0.1) is 5.82 Å². The zero-order valence-corrected chi connectivity index (χ0v) is 10.6. The van der Waals surface area contributed by atoms with Crippen LogP contribution in [-0.2, 0) is 4.79 Å². The summed E-state index contributed by atoms with van der Waals surface area (Å²) in [7, 11) is 0. The zero-order valence-electron chi connectivity index (χ0n) is 10.6. The van der Waals surface area contributed by atoms with Crippen LogP contribution in [0.25, 0.3) is 10.9 Å². The second-order valence-corrected chi connectivity index (χ2v) is 4.09. The van der Waals surface area contributed by atoms with Gasteiger partial charge in [-0.05, 0) is 24.6 Å². The van der Waals surface area contributed by atoms with E-state index in [9.17, 15) is 9.18 Å². The highest BCUT2D eigenvalue weighted by atomic mass is 19.1. The van der Waals surface area contributed by atoms with Gasteiger partial charge in [0.1, 0.15) is 18.0 Å². The topological polar surface area (TPSA) is 66.9 Å². The van der Waals surface area contributed by atoms with Crippen molar-refractivity contribution in [2.45, 2.75) is 13.3 Å². The summed E-state index contributed by atoms with van der Waals surface area (Å²) < 4.78 is 13.2. The molecular weight excluding hydrogens is 247 g/mol. The highest BCUT2D eigenvalue weighted by molar-refractivity contribution is 5.90. The zero-order chi connectivity index (χ0) is 13.7. The minimum atomic E-state index is -0.360. The molecule has 0 aliphatic heterocycles. The molecule has 0 saturated carbocycles. The first-order valence-electron chi connectivity index (χ1n) is 6.11. The van der Waals surface area contributed by atoms with Crippen molar-refractivity contribution < 1.29 is 9.18 Å². The predicted octanol–water partition coefficient (Wildman–Crippen LogP) is 1.71. The SMILES string of the molecule is CCCNC(=O)CNc1ncnc2ccc(F)cc12. The smallest absolute Gasteiger partial charge is 0.239 e. The Morgan fingerprint density at radius 2 is 2.21 bits per heavy atom. The Bertz CT molecular complexity index is 588. The average Bonchev–Trinajstić information content (AvgIpc) is 2.42. The molecule has 0 spiro atoms. The largest absolute Gasteiger partial charge is 0.360 e. The molecule has 100 valence electrons. The highest BCUT2D eigenvalue weighted by Gasteiger charge is 2.06. The number of benzene rings is 1. The van der Waals surface area contributed by atoms with Crippen LogP contribution in [0.5, 0.6) is 0 Å². The van der Waals surface area contributed by atoms with Gasteiger partial charge in [-0.2, -0.15) is 0 Å². The molecule has 1 aromatic heterocycles. The Hall–Kier alpha value is -2.24. The van der Waals surface area contributed by atoms with Crippen LogP contribution >= 0.6 is 0 Å². The van der Waals surface area contributed by atoms with Crippen LogP contribution in [-0.4, -0.2) is 29.0 Å². The van der Waals surface area contributed by atoms with Gasteiger partial charge in [-0.3, -0.25) is 4.79 Å². The van der Waals surface area contributed by atoms with Crippen LogP contribution in [0.4, 0.5) is 10.2 Å². The molecule has 6 heteroatoms. The fraction of sp³-hybridized carbons (Fsp3) is 0.308. The molecule has 5 nitrogen and oxygen atoms in total. The number of aromatic nitrogens is 2. The van der Waals surface area contributed by atoms with Gasteiger partial charge in [0.2, 0.25) is 5.91 Å². The van der Waals surface area contributed by atoms with Crippen LogP contribution in [0.15, 0.2) is 24.5 Å². The van der Waals surface area contributed by atoms with Crippen LogP contribution < -0.4 is 10.6 Å². The van der Waals surface area contributed by atoms with Crippen LogP contribution in [0.1, 0.15) is 13.3 Å². The molecule has 0 aliphatic carbocycles. The molecule has 0 aliphatic rings. The van der Waals surface area contributed by atoms with E-state index in [1.54, 1.807) is 6.07 Å². The maximum atomic E-state index is 13.2. The van der Waals surface area contributed by atoms with Gasteiger partial charge in [0.05, 0.1) is 12.1 Å². The molecule has 1 amide bonds. The van der Waals surface area contributed by atoms with Gasteiger partial charge in [0, 0.05) is 11.9 Å². The van der Waals surface area contributed by atoms with Crippen molar-refractivity contribution in [2.75, 3.05) is 18.4 Å². The summed E-state index contributed by atoms with van der Waals surface area (Å²) >= 11 is 0. The number of fused-ring (bicyclic) bond motifs is 1. The van der Waals surface area contributed by atoms with Crippen LogP contribution in [0.3, 0.4) is 0 Å². The minimum Gasteiger partial charge on any atom is -0.360 e. The Kier molecular flexibility index (Phi) is 4.22. The number of rotatable bonds is 5. The van der Waals surface area contributed by atoms with E-state index in [2.05, 4.69) is 20.6 Å². The number of carbonyl (C=O) groups excluding carboxylic acids is 1. The molecule has 1 aromatic carbocycles. The summed E-state index contributed by atoms with van der Waals surface area (Å²) in [6.45, 7) is 2.72. The highest BCUT2D eigenvalue weighted by Crippen LogP contribution is 2.19. The second kappa shape index (κ2) is 6.08. The Morgan fingerprint density at radius 3 is 3.00 bits per heavy atom. The van der Waals surface area contributed by atoms with Crippen molar-refractivity contribution in [2.24, 2.45) is 0 Å². The molecule has 0 atom stereocenters. The molecule has 0 radical (unpaired) electrons. The summed E-state index contributed by atoms with van der Waals surface area (Å²) in [6, 6.07) is 4.27. The molecule has 0 bridgehead atoms. The number of halogens is 1. The van der Waals surface area contributed by atoms with Crippen molar-refractivity contribution in [1.29, 1.82) is 0 Å². The molecule has 1 heterocycles. The van der Waals surface area contributed by atoms with E-state index in [1.165, 1.54) is 18.5 Å². The van der Waals surface area contributed by atoms with Gasteiger partial charge in [0.25, 0.3) is 0 Å². The number of nitrogens with zero attached hydrogens (tertiary/aromatic N) is 2. The molecule has 2 N–H and O–H groups in total. The summed E-state index contributed by atoms with van der Waals surface area (Å²) in [6.07, 6.45) is 2.26. The van der Waals surface area contributed by atoms with Gasteiger partial charge in [0.15, 0.2) is 0 Å². The monoisotopic (exact) mass is 262 g/mol. The van der Waals surface area contributed by atoms with Gasteiger partial charge in [-0.15, -0.1) is 0 Å². The van der Waals surface area contributed by atoms with E-state index in [0.29, 0.717) is 23.3 Å². The molecule has 19 heavy (non-hydrogen) atoms. The third-order valence-electron chi connectivity index (χ3n) is 2.59. The van der Waals surface area contributed by atoms with E-state index in [1.807, 2.05) is 6.92 Å². The summed E-state index contributed by atoms with van der Waals surface area (Å²) in [5.74, 6) is -0.0260. The van der Waals surface area contributed by atoms with E-state index in [-0.39, 0.29) is 18.3 Å². The lowest BCUT2D eigenvalue weighted by atomic mass is 10.2. The first kappa shape index (κ1) is 13.2. The Morgan fingerprint density at radius 1 is 1.37 bits per heavy atom. The lowest BCUT2D eigenvalue weighted by Gasteiger charge is -2.08. The standard InChI is InChI=1S/C13H15FN4O/c1-2-5-15-12(19)7-16-13-10-6-9(14)3-4-11(10)17-8-18-13/h3-4,6,8H,2,5,7H2,1H3,(H,15,19)(H,16,17,18). The number of anilines is 1. The minimum absolute atomic E-state index is 0.0998. The summed E-state index contributed by atoms with van der Waals surface area (Å²) in [4.78, 5) is 19.6. The summed E-state index contributed by atoms with van der Waals surface area (Å²) in [5, 5.41) is 6.20. The van der Waals surface area contributed by atoms with Crippen molar-refractivity contribution in [3.8, 4) is 0 Å². The summed E-state index contributed by atoms with van der Waals surface area (Å²) in [5.41, 5.74) is 0.632. The number of nitrogens with one attached hydrogen (secondary N) is 2. The third-order valence-corrected chi connectivity index (χ3v) is 2.59. The maximum Gasteiger partial charge on any atom is 0.239 e. The predicted molar refractivity (Wildman–Crippen MR) is 71.3 cm³/mol. The first-order valence-corrected chi connectivity index (χ1v) is 6.11. The van der Waals surface area contributed by atoms with Crippen molar-refractivity contribution in [3.05, 3.63) is 30.3 Å². The number of amides is 1. The molecule has 2 aromatic rings. The number of carbonyl (C=O) groups is 1. The average molecular weight is 262 g/mol. The number of hydrogen-bond donors (Lipinski definition) is 2. The van der Waals surface area contributed by atoms with E-state index < -0.39 is 0 Å². The van der Waals surface area contributed by atoms with Gasteiger partial charge in [-0.25, -0.2) is 14.4 Å². The van der Waals surface area contributed by atoms with Crippen molar-refractivity contribution >= 4 is 22.6 Å². The van der Waals surface area contributed by atoms with E-state index >= 15 is 0 Å². The molecular formula is C13H15FN4O. The van der Waals surface area contributed by atoms with Crippen LogP contribution in [0.2, 0.25) is 0 Å². The van der Waals surface area contributed by atoms with E-state index in [4.69, 9.17) is 0 Å². The van der Waals surface area contributed by atoms with Gasteiger partial charge in [-0.1, -0.05) is 6.92 Å². The first-order chi connectivity index (χ1) is 9.20. The van der Waals surface area contributed by atoms with E-state index in [0.717, 1.165) is 6.42 Å². The number of hydrogen-bond acceptors (Lipinski definition) is 4. The molecule has 2 rings (SSSR count). The molecule has 0 unspecified atom stereocenters. The quantitative estimate of drug-likeness (QED) is 0.860. The third kappa shape index (κ3) is 3.37. The Labute approximate surface area is 110 Å². The lowest BCUT2D eigenvalue weighted by Crippen LogP contribution is -2.30. The lowest BCUT2D eigenvalue weighted by molar-refractivity contribution is -0.119. The van der Waals surface area contributed by atoms with Crippen molar-refractivity contribution in [3.63, 3.8) is 0 Å². The van der Waals surface area contributed by atoms with Gasteiger partial charge >= 0.3 is 0 Å². The molecule has 0 fully saturated rings. The normalized spacial score (nSPS) is 10.4. The fourth-order valence-corrected chi connectivity index (χ4v) is 1.66. The molecule has 0 saturated heterocycles. The van der Waals surface area contributed by atoms with Crippen molar-refractivity contribution in [1.82, 2.24) is 15.3 Å². The Balaban J connectivity index is 2.12. The van der Waals surface area contributed by atoms with Gasteiger partial charge < -0.3 is 10.6 Å². The maximum absolute atomic E-state index is 13.2.